The van der Waals surface area contributed by atoms with Crippen LogP contribution in [-0.4, -0.2) is 48.1 Å². The van der Waals surface area contributed by atoms with Crippen molar-refractivity contribution in [3.05, 3.63) is 36.0 Å². The lowest BCUT2D eigenvalue weighted by atomic mass is 10.1. The number of carbonyl (C=O) groups is 3. The number of aromatic amines is 1. The molecule has 188 valence electrons. The number of carbonyl (C=O) groups excluding carboxylic acids is 3. The zero-order chi connectivity index (χ0) is 25.1. The van der Waals surface area contributed by atoms with Crippen molar-refractivity contribution >= 4 is 28.7 Å². The summed E-state index contributed by atoms with van der Waals surface area (Å²) >= 11 is 0. The second-order valence-corrected chi connectivity index (χ2v) is 9.55. The van der Waals surface area contributed by atoms with Crippen molar-refractivity contribution in [1.82, 2.24) is 10.3 Å². The minimum Gasteiger partial charge on any atom is -0.465 e. The number of ether oxygens (including phenoxy) is 2. The molecule has 0 radical (unpaired) electrons. The maximum absolute atomic E-state index is 12.7. The quantitative estimate of drug-likeness (QED) is 0.361. The molecule has 1 amide bonds. The Morgan fingerprint density at radius 3 is 2.18 bits per heavy atom. The first-order valence-corrected chi connectivity index (χ1v) is 12.1. The summed E-state index contributed by atoms with van der Waals surface area (Å²) < 4.78 is 10.6. The average Bonchev–Trinajstić information content (AvgIpc) is 3.18. The number of hydrogen-bond donors (Lipinski definition) is 3. The summed E-state index contributed by atoms with van der Waals surface area (Å²) in [5, 5.41) is 3.78. The van der Waals surface area contributed by atoms with Crippen molar-refractivity contribution in [3.8, 4) is 0 Å². The van der Waals surface area contributed by atoms with Gasteiger partial charge >= 0.3 is 11.9 Å². The molecule has 2 rings (SSSR count). The van der Waals surface area contributed by atoms with Crippen molar-refractivity contribution < 1.29 is 23.9 Å². The molecule has 34 heavy (non-hydrogen) atoms. The molecule has 0 unspecified atom stereocenters. The van der Waals surface area contributed by atoms with E-state index in [1.165, 1.54) is 0 Å². The van der Waals surface area contributed by atoms with Gasteiger partial charge in [-0.3, -0.25) is 9.59 Å². The number of hydrogen-bond acceptors (Lipinski definition) is 6. The molecule has 1 aromatic heterocycles. The summed E-state index contributed by atoms with van der Waals surface area (Å²) in [6, 6.07) is 8.03. The molecule has 0 fully saturated rings. The lowest BCUT2D eigenvalue weighted by Gasteiger charge is -2.18. The molecular formula is C26H39N3O5. The lowest BCUT2D eigenvalue weighted by molar-refractivity contribution is -0.148. The van der Waals surface area contributed by atoms with E-state index >= 15 is 0 Å². The zero-order valence-corrected chi connectivity index (χ0v) is 20.8. The van der Waals surface area contributed by atoms with Gasteiger partial charge in [0.05, 0.1) is 13.2 Å². The number of fused-ring (bicyclic) bond motifs is 1. The SMILES string of the molecule is CC(C)CCOC(=O)[C@H](N)CCC(=O)N[C@@H](Cc1cc2ccccc2[nH]1)C(=O)OCCC(C)C. The second-order valence-electron chi connectivity index (χ2n) is 9.55. The second kappa shape index (κ2) is 13.7. The van der Waals surface area contributed by atoms with Crippen LogP contribution in [0.1, 0.15) is 59.1 Å². The third-order valence-corrected chi connectivity index (χ3v) is 5.49. The summed E-state index contributed by atoms with van der Waals surface area (Å²) in [6.07, 6.45) is 1.90. The Labute approximate surface area is 201 Å². The number of nitrogens with two attached hydrogens (primary N) is 1. The molecule has 4 N–H and O–H groups in total. The van der Waals surface area contributed by atoms with Gasteiger partial charge in [-0.2, -0.15) is 0 Å². The summed E-state index contributed by atoms with van der Waals surface area (Å²) in [7, 11) is 0. The van der Waals surface area contributed by atoms with E-state index in [9.17, 15) is 14.4 Å². The van der Waals surface area contributed by atoms with Crippen LogP contribution in [0.5, 0.6) is 0 Å². The maximum atomic E-state index is 12.7. The number of rotatable bonds is 14. The van der Waals surface area contributed by atoms with Crippen LogP contribution in [0.25, 0.3) is 10.9 Å². The number of benzene rings is 1. The van der Waals surface area contributed by atoms with Gasteiger partial charge in [-0.1, -0.05) is 45.9 Å². The van der Waals surface area contributed by atoms with E-state index in [-0.39, 0.29) is 25.2 Å². The van der Waals surface area contributed by atoms with Crippen molar-refractivity contribution in [2.24, 2.45) is 17.6 Å². The van der Waals surface area contributed by atoms with Crippen molar-refractivity contribution in [2.75, 3.05) is 13.2 Å². The van der Waals surface area contributed by atoms with Gasteiger partial charge in [-0.15, -0.1) is 0 Å². The van der Waals surface area contributed by atoms with Gasteiger partial charge in [-0.05, 0) is 48.6 Å². The molecule has 0 saturated heterocycles. The third-order valence-electron chi connectivity index (χ3n) is 5.49. The van der Waals surface area contributed by atoms with Gasteiger partial charge in [0.15, 0.2) is 0 Å². The van der Waals surface area contributed by atoms with Gasteiger partial charge in [0.1, 0.15) is 12.1 Å². The van der Waals surface area contributed by atoms with Crippen LogP contribution in [0.15, 0.2) is 30.3 Å². The van der Waals surface area contributed by atoms with Crippen LogP contribution < -0.4 is 11.1 Å². The number of nitrogens with one attached hydrogen (secondary N) is 2. The van der Waals surface area contributed by atoms with Gasteiger partial charge in [0.2, 0.25) is 5.91 Å². The first kappa shape index (κ1) is 27.4. The molecule has 1 aromatic carbocycles. The first-order chi connectivity index (χ1) is 16.2. The predicted molar refractivity (Wildman–Crippen MR) is 132 cm³/mol. The Morgan fingerprint density at radius 2 is 1.56 bits per heavy atom. The summed E-state index contributed by atoms with van der Waals surface area (Å²) in [5.41, 5.74) is 7.66. The Morgan fingerprint density at radius 1 is 0.941 bits per heavy atom. The molecule has 0 aliphatic carbocycles. The normalized spacial score (nSPS) is 13.1. The molecule has 8 nitrogen and oxygen atoms in total. The summed E-state index contributed by atoms with van der Waals surface area (Å²) in [5.74, 6) is -0.547. The zero-order valence-electron chi connectivity index (χ0n) is 20.8. The largest absolute Gasteiger partial charge is 0.465 e. The van der Waals surface area contributed by atoms with Crippen LogP contribution in [0.4, 0.5) is 0 Å². The van der Waals surface area contributed by atoms with Crippen LogP contribution in [0.2, 0.25) is 0 Å². The fourth-order valence-electron chi connectivity index (χ4n) is 3.33. The molecule has 2 atom stereocenters. The summed E-state index contributed by atoms with van der Waals surface area (Å²) in [6.45, 7) is 8.79. The number of H-pyrrole nitrogens is 1. The van der Waals surface area contributed by atoms with E-state index in [1.54, 1.807) is 0 Å². The van der Waals surface area contributed by atoms with Crippen LogP contribution in [0, 0.1) is 11.8 Å². The average molecular weight is 474 g/mol. The Balaban J connectivity index is 1.94. The maximum Gasteiger partial charge on any atom is 0.329 e. The number of para-hydroxylation sites is 1. The van der Waals surface area contributed by atoms with Gasteiger partial charge < -0.3 is 25.5 Å². The van der Waals surface area contributed by atoms with Gasteiger partial charge in [0.25, 0.3) is 0 Å². The molecule has 1 heterocycles. The van der Waals surface area contributed by atoms with Crippen LogP contribution in [-0.2, 0) is 30.3 Å². The van der Waals surface area contributed by atoms with Crippen molar-refractivity contribution in [1.29, 1.82) is 0 Å². The predicted octanol–water partition coefficient (Wildman–Crippen LogP) is 3.48. The minimum atomic E-state index is -0.886. The highest BCUT2D eigenvalue weighted by molar-refractivity contribution is 5.86. The molecular weight excluding hydrogens is 434 g/mol. The smallest absolute Gasteiger partial charge is 0.329 e. The van der Waals surface area contributed by atoms with Crippen LogP contribution in [0.3, 0.4) is 0 Å². The number of amides is 1. The first-order valence-electron chi connectivity index (χ1n) is 12.1. The Kier molecular flexibility index (Phi) is 11.1. The standard InChI is InChI=1S/C26H39N3O5/c1-17(2)11-13-33-25(31)21(27)9-10-24(30)29-23(26(32)34-14-12-18(3)4)16-20-15-19-7-5-6-8-22(19)28-20/h5-8,15,17-18,21,23,28H,9-14,16,27H2,1-4H3,(H,29,30)/t21-,23+/m1/s1. The minimum absolute atomic E-state index is 0.00290. The van der Waals surface area contributed by atoms with E-state index < -0.39 is 24.0 Å². The van der Waals surface area contributed by atoms with Crippen LogP contribution >= 0.6 is 0 Å². The molecule has 8 heteroatoms. The topological polar surface area (TPSA) is 124 Å². The fraction of sp³-hybridized carbons (Fsp3) is 0.577. The van der Waals surface area contributed by atoms with Crippen molar-refractivity contribution in [2.45, 2.75) is 71.9 Å². The Hall–Kier alpha value is -2.87. The van der Waals surface area contributed by atoms with Gasteiger partial charge in [0, 0.05) is 24.1 Å². The number of aromatic nitrogens is 1. The fourth-order valence-corrected chi connectivity index (χ4v) is 3.33. The molecule has 0 aliphatic rings. The van der Waals surface area contributed by atoms with E-state index in [1.807, 2.05) is 44.2 Å². The van der Waals surface area contributed by atoms with Crippen molar-refractivity contribution in [3.63, 3.8) is 0 Å². The van der Waals surface area contributed by atoms with E-state index in [0.29, 0.717) is 25.0 Å². The number of esters is 2. The highest BCUT2D eigenvalue weighted by atomic mass is 16.5. The molecule has 0 bridgehead atoms. The van der Waals surface area contributed by atoms with Gasteiger partial charge in [-0.25, -0.2) is 4.79 Å². The van der Waals surface area contributed by atoms with E-state index in [4.69, 9.17) is 15.2 Å². The molecule has 0 aliphatic heterocycles. The molecule has 2 aromatic rings. The highest BCUT2D eigenvalue weighted by Crippen LogP contribution is 2.16. The molecule has 0 spiro atoms. The van der Waals surface area contributed by atoms with E-state index in [2.05, 4.69) is 24.1 Å². The Bertz CT molecular complexity index is 904. The highest BCUT2D eigenvalue weighted by Gasteiger charge is 2.25. The molecule has 0 saturated carbocycles. The third kappa shape index (κ3) is 9.55. The monoisotopic (exact) mass is 473 g/mol. The van der Waals surface area contributed by atoms with E-state index in [0.717, 1.165) is 29.4 Å². The lowest BCUT2D eigenvalue weighted by Crippen LogP contribution is -2.44. The summed E-state index contributed by atoms with van der Waals surface area (Å²) in [4.78, 5) is 40.6.